The number of carbonyl (C=O) groups excluding carboxylic acids is 1. The molecule has 0 bridgehead atoms. The first-order valence-corrected chi connectivity index (χ1v) is 6.52. The predicted octanol–water partition coefficient (Wildman–Crippen LogP) is 1.39. The summed E-state index contributed by atoms with van der Waals surface area (Å²) in [6.45, 7) is 3.04. The number of hydrogen-bond donors (Lipinski definition) is 1. The number of nitrogens with zero attached hydrogens (tertiary/aromatic N) is 2. The van der Waals surface area contributed by atoms with E-state index in [9.17, 15) is 9.90 Å². The second-order valence-corrected chi connectivity index (χ2v) is 5.08. The molecule has 1 saturated heterocycles. The van der Waals surface area contributed by atoms with Gasteiger partial charge in [-0.15, -0.1) is 0 Å². The van der Waals surface area contributed by atoms with Gasteiger partial charge in [0, 0.05) is 18.8 Å². The second-order valence-electron chi connectivity index (χ2n) is 5.08. The van der Waals surface area contributed by atoms with E-state index >= 15 is 0 Å². The number of carbonyl (C=O) groups is 1. The lowest BCUT2D eigenvalue weighted by Gasteiger charge is -2.46. The Morgan fingerprint density at radius 3 is 2.72 bits per heavy atom. The van der Waals surface area contributed by atoms with Crippen LogP contribution in [0.15, 0.2) is 24.5 Å². The molecule has 1 aromatic heterocycles. The average molecular weight is 248 g/mol. The molecule has 1 aromatic rings. The molecule has 1 amide bonds. The van der Waals surface area contributed by atoms with Gasteiger partial charge in [0.25, 0.3) is 0 Å². The van der Waals surface area contributed by atoms with Gasteiger partial charge in [0.2, 0.25) is 5.91 Å². The Morgan fingerprint density at radius 1 is 1.44 bits per heavy atom. The molecule has 4 heteroatoms. The molecule has 2 rings (SSSR count). The molecule has 1 aliphatic heterocycles. The molecule has 1 N–H and O–H groups in total. The molecular weight excluding hydrogens is 228 g/mol. The summed E-state index contributed by atoms with van der Waals surface area (Å²) in [5, 5.41) is 10.0. The van der Waals surface area contributed by atoms with Crippen molar-refractivity contribution in [2.24, 2.45) is 0 Å². The molecule has 0 saturated carbocycles. The SMILES string of the molecule is CCCC1(O)CN(C(=O)CCc2ccncc2)C1. The standard InChI is InChI=1S/C14H20N2O2/c1-2-7-14(18)10-16(11-14)13(17)4-3-12-5-8-15-9-6-12/h5-6,8-9,18H,2-4,7,10-11H2,1H3. The molecule has 0 aliphatic carbocycles. The lowest BCUT2D eigenvalue weighted by atomic mass is 9.89. The summed E-state index contributed by atoms with van der Waals surface area (Å²) >= 11 is 0. The summed E-state index contributed by atoms with van der Waals surface area (Å²) in [5.74, 6) is 0.132. The largest absolute Gasteiger partial charge is 0.386 e. The molecule has 0 atom stereocenters. The first kappa shape index (κ1) is 13.0. The zero-order chi connectivity index (χ0) is 13.0. The van der Waals surface area contributed by atoms with E-state index in [0.717, 1.165) is 24.8 Å². The molecule has 1 fully saturated rings. The fraction of sp³-hybridized carbons (Fsp3) is 0.571. The van der Waals surface area contributed by atoms with E-state index in [1.54, 1.807) is 17.3 Å². The Hall–Kier alpha value is -1.42. The maximum Gasteiger partial charge on any atom is 0.223 e. The van der Waals surface area contributed by atoms with Crippen LogP contribution in [0.3, 0.4) is 0 Å². The first-order valence-electron chi connectivity index (χ1n) is 6.52. The number of aryl methyl sites for hydroxylation is 1. The Balaban J connectivity index is 1.74. The van der Waals surface area contributed by atoms with E-state index in [4.69, 9.17) is 0 Å². The molecule has 98 valence electrons. The van der Waals surface area contributed by atoms with Crippen LogP contribution in [0.4, 0.5) is 0 Å². The lowest BCUT2D eigenvalue weighted by molar-refractivity contribution is -0.156. The smallest absolute Gasteiger partial charge is 0.223 e. The molecule has 4 nitrogen and oxygen atoms in total. The van der Waals surface area contributed by atoms with Crippen LogP contribution in [-0.4, -0.2) is 39.6 Å². The number of likely N-dealkylation sites (tertiary alicyclic amines) is 1. The number of aromatic nitrogens is 1. The summed E-state index contributed by atoms with van der Waals surface area (Å²) in [7, 11) is 0. The quantitative estimate of drug-likeness (QED) is 0.856. The Kier molecular flexibility index (Phi) is 3.97. The van der Waals surface area contributed by atoms with Crippen molar-refractivity contribution >= 4 is 5.91 Å². The maximum absolute atomic E-state index is 11.9. The van der Waals surface area contributed by atoms with Crippen LogP contribution >= 0.6 is 0 Å². The van der Waals surface area contributed by atoms with Crippen molar-refractivity contribution in [2.45, 2.75) is 38.2 Å². The topological polar surface area (TPSA) is 53.4 Å². The summed E-state index contributed by atoms with van der Waals surface area (Å²) in [4.78, 5) is 17.6. The minimum Gasteiger partial charge on any atom is -0.386 e. The number of amides is 1. The van der Waals surface area contributed by atoms with Crippen LogP contribution in [0.2, 0.25) is 0 Å². The van der Waals surface area contributed by atoms with E-state index in [1.807, 2.05) is 19.1 Å². The van der Waals surface area contributed by atoms with Gasteiger partial charge in [-0.25, -0.2) is 0 Å². The second kappa shape index (κ2) is 5.48. The zero-order valence-corrected chi connectivity index (χ0v) is 10.8. The Labute approximate surface area is 108 Å². The van der Waals surface area contributed by atoms with Crippen molar-refractivity contribution in [1.82, 2.24) is 9.88 Å². The highest BCUT2D eigenvalue weighted by atomic mass is 16.3. The van der Waals surface area contributed by atoms with Crippen LogP contribution in [-0.2, 0) is 11.2 Å². The molecule has 18 heavy (non-hydrogen) atoms. The third kappa shape index (κ3) is 3.07. The van der Waals surface area contributed by atoms with Gasteiger partial charge in [-0.05, 0) is 30.5 Å². The van der Waals surface area contributed by atoms with Crippen LogP contribution in [0.1, 0.15) is 31.7 Å². The maximum atomic E-state index is 11.9. The summed E-state index contributed by atoms with van der Waals surface area (Å²) in [6, 6.07) is 3.85. The van der Waals surface area contributed by atoms with Crippen molar-refractivity contribution < 1.29 is 9.90 Å². The third-order valence-electron chi connectivity index (χ3n) is 3.42. The first-order chi connectivity index (χ1) is 8.63. The van der Waals surface area contributed by atoms with Crippen LogP contribution in [0, 0.1) is 0 Å². The monoisotopic (exact) mass is 248 g/mol. The van der Waals surface area contributed by atoms with Crippen LogP contribution < -0.4 is 0 Å². The van der Waals surface area contributed by atoms with Gasteiger partial charge in [0.15, 0.2) is 0 Å². The fourth-order valence-electron chi connectivity index (χ4n) is 2.42. The van der Waals surface area contributed by atoms with Gasteiger partial charge >= 0.3 is 0 Å². The average Bonchev–Trinajstić information content (AvgIpc) is 2.34. The van der Waals surface area contributed by atoms with Gasteiger partial charge in [0.05, 0.1) is 18.7 Å². The van der Waals surface area contributed by atoms with Crippen molar-refractivity contribution in [3.8, 4) is 0 Å². The highest BCUT2D eigenvalue weighted by Gasteiger charge is 2.42. The van der Waals surface area contributed by atoms with E-state index < -0.39 is 5.60 Å². The number of rotatable bonds is 5. The van der Waals surface area contributed by atoms with Crippen molar-refractivity contribution in [3.05, 3.63) is 30.1 Å². The third-order valence-corrected chi connectivity index (χ3v) is 3.42. The summed E-state index contributed by atoms with van der Waals surface area (Å²) < 4.78 is 0. The summed E-state index contributed by atoms with van der Waals surface area (Å²) in [6.07, 6.45) is 6.46. The molecule has 2 heterocycles. The summed E-state index contributed by atoms with van der Waals surface area (Å²) in [5.41, 5.74) is 0.504. The Morgan fingerprint density at radius 2 is 2.11 bits per heavy atom. The normalized spacial score (nSPS) is 17.3. The number of aliphatic hydroxyl groups is 1. The lowest BCUT2D eigenvalue weighted by Crippen LogP contribution is -2.63. The molecule has 0 spiro atoms. The Bertz CT molecular complexity index is 400. The van der Waals surface area contributed by atoms with E-state index in [1.165, 1.54) is 0 Å². The van der Waals surface area contributed by atoms with E-state index in [-0.39, 0.29) is 5.91 Å². The molecule has 1 aliphatic rings. The van der Waals surface area contributed by atoms with Gasteiger partial charge in [-0.1, -0.05) is 13.3 Å². The van der Waals surface area contributed by atoms with Crippen LogP contribution in [0.5, 0.6) is 0 Å². The van der Waals surface area contributed by atoms with E-state index in [0.29, 0.717) is 19.5 Å². The molecule has 0 unspecified atom stereocenters. The van der Waals surface area contributed by atoms with Crippen molar-refractivity contribution in [1.29, 1.82) is 0 Å². The number of hydrogen-bond acceptors (Lipinski definition) is 3. The van der Waals surface area contributed by atoms with Crippen LogP contribution in [0.25, 0.3) is 0 Å². The number of β-amino-alcohol motifs (C(OH)–C–C–N with tert-alkyl or cyclic N) is 1. The van der Waals surface area contributed by atoms with Gasteiger partial charge in [0.1, 0.15) is 0 Å². The molecule has 0 aromatic carbocycles. The predicted molar refractivity (Wildman–Crippen MR) is 69.0 cm³/mol. The van der Waals surface area contributed by atoms with Crippen molar-refractivity contribution in [2.75, 3.05) is 13.1 Å². The minimum absolute atomic E-state index is 0.132. The van der Waals surface area contributed by atoms with Gasteiger partial charge in [-0.2, -0.15) is 0 Å². The van der Waals surface area contributed by atoms with Gasteiger partial charge < -0.3 is 10.0 Å². The highest BCUT2D eigenvalue weighted by molar-refractivity contribution is 5.77. The highest BCUT2D eigenvalue weighted by Crippen LogP contribution is 2.26. The number of pyridine rings is 1. The van der Waals surface area contributed by atoms with Crippen molar-refractivity contribution in [3.63, 3.8) is 0 Å². The fourth-order valence-corrected chi connectivity index (χ4v) is 2.42. The van der Waals surface area contributed by atoms with Gasteiger partial charge in [-0.3, -0.25) is 9.78 Å². The molecular formula is C14H20N2O2. The van der Waals surface area contributed by atoms with E-state index in [2.05, 4.69) is 4.98 Å². The zero-order valence-electron chi connectivity index (χ0n) is 10.8. The molecule has 0 radical (unpaired) electrons. The minimum atomic E-state index is -0.624.